The maximum atomic E-state index is 11.2. The molecule has 7 N–H and O–H groups in total. The molecule has 5 rings (SSSR count). The number of nitrogens with two attached hydrogens (primary N) is 2. The average molecular weight is 374 g/mol. The van der Waals surface area contributed by atoms with Crippen molar-refractivity contribution < 1.29 is 24.9 Å². The highest BCUT2D eigenvalue weighted by Crippen LogP contribution is 2.53. The number of aliphatic hydroxyl groups is 3. The van der Waals surface area contributed by atoms with Crippen molar-refractivity contribution in [3.05, 3.63) is 24.3 Å². The fourth-order valence-electron chi connectivity index (χ4n) is 3.32. The molecule has 3 aromatic rings. The van der Waals surface area contributed by atoms with Crippen molar-refractivity contribution in [2.24, 2.45) is 5.73 Å². The highest BCUT2D eigenvalue weighted by molar-refractivity contribution is 5.92. The summed E-state index contributed by atoms with van der Waals surface area (Å²) >= 11 is 0. The second-order valence-electron chi connectivity index (χ2n) is 6.49. The summed E-state index contributed by atoms with van der Waals surface area (Å²) in [4.78, 5) is 23.8. The number of fused-ring (bicyclic) bond motifs is 2. The normalized spacial score (nSPS) is 32.0. The van der Waals surface area contributed by atoms with Crippen LogP contribution in [0.2, 0.25) is 0 Å². The fraction of sp³-hybridized carbons (Fsp3) is 0.357. The number of primary amides is 1. The predicted molar refractivity (Wildman–Crippen MR) is 86.2 cm³/mol. The van der Waals surface area contributed by atoms with Crippen LogP contribution in [0.3, 0.4) is 0 Å². The number of carbonyl (C=O) groups excluding carboxylic acids is 1. The van der Waals surface area contributed by atoms with Crippen molar-refractivity contribution in [3.8, 4) is 5.95 Å². The van der Waals surface area contributed by atoms with E-state index in [-0.39, 0.29) is 28.5 Å². The number of nitrogen functional groups attached to an aromatic ring is 1. The number of amides is 1. The molecular formula is C14H14N8O5. The van der Waals surface area contributed by atoms with Crippen LogP contribution in [0.25, 0.3) is 17.1 Å². The topological polar surface area (TPSA) is 200 Å². The lowest BCUT2D eigenvalue weighted by Gasteiger charge is -2.22. The molecule has 0 bridgehead atoms. The summed E-state index contributed by atoms with van der Waals surface area (Å²) in [6.07, 6.45) is -0.500. The van der Waals surface area contributed by atoms with Crippen molar-refractivity contribution in [1.29, 1.82) is 0 Å². The zero-order valence-electron chi connectivity index (χ0n) is 13.5. The molecule has 13 heteroatoms. The lowest BCUT2D eigenvalue weighted by molar-refractivity contribution is -0.0942. The second-order valence-corrected chi connectivity index (χ2v) is 6.49. The molecule has 13 nitrogen and oxygen atoms in total. The van der Waals surface area contributed by atoms with E-state index in [2.05, 4.69) is 20.1 Å². The van der Waals surface area contributed by atoms with Gasteiger partial charge in [-0.05, 0) is 0 Å². The Labute approximate surface area is 149 Å². The van der Waals surface area contributed by atoms with Crippen LogP contribution < -0.4 is 11.5 Å². The van der Waals surface area contributed by atoms with Crippen LogP contribution in [0.15, 0.2) is 18.7 Å². The Hall–Kier alpha value is -3.13. The molecule has 3 aromatic heterocycles. The van der Waals surface area contributed by atoms with E-state index in [0.29, 0.717) is 0 Å². The van der Waals surface area contributed by atoms with Gasteiger partial charge in [0.2, 0.25) is 0 Å². The Morgan fingerprint density at radius 2 is 2.07 bits per heavy atom. The Bertz CT molecular complexity index is 1090. The molecule has 140 valence electrons. The number of nitrogens with zero attached hydrogens (tertiary/aromatic N) is 6. The number of aromatic nitrogens is 6. The number of anilines is 1. The van der Waals surface area contributed by atoms with Crippen molar-refractivity contribution in [2.45, 2.75) is 30.1 Å². The predicted octanol–water partition coefficient (Wildman–Crippen LogP) is -2.94. The van der Waals surface area contributed by atoms with E-state index in [9.17, 15) is 20.1 Å². The number of rotatable bonds is 3. The van der Waals surface area contributed by atoms with Gasteiger partial charge in [0.1, 0.15) is 23.8 Å². The standard InChI is InChI=1S/C14H14N8O5/c15-9-5-11(20-13(19-9)22-2-4(1-18-22)10(16)25)21(3-17-5)12-7(24)14(26)6(23)8(14)27-12/h1-3,6-8,12,23-24,26H,(H2,16,25)(H2,15,19,20)/t6?,7-,8+,12?,14-/m0/s1. The summed E-state index contributed by atoms with van der Waals surface area (Å²) in [5.74, 6) is -0.569. The van der Waals surface area contributed by atoms with Crippen LogP contribution >= 0.6 is 0 Å². The summed E-state index contributed by atoms with van der Waals surface area (Å²) in [6.45, 7) is 0. The van der Waals surface area contributed by atoms with Crippen molar-refractivity contribution in [3.63, 3.8) is 0 Å². The molecular weight excluding hydrogens is 360 g/mol. The van der Waals surface area contributed by atoms with Gasteiger partial charge < -0.3 is 31.5 Å². The van der Waals surface area contributed by atoms with Crippen molar-refractivity contribution in [1.82, 2.24) is 29.3 Å². The first-order valence-corrected chi connectivity index (χ1v) is 7.91. The van der Waals surface area contributed by atoms with Crippen LogP contribution in [-0.4, -0.2) is 74.4 Å². The zero-order chi connectivity index (χ0) is 19.1. The zero-order valence-corrected chi connectivity index (χ0v) is 13.5. The maximum absolute atomic E-state index is 11.2. The van der Waals surface area contributed by atoms with Crippen LogP contribution in [0, 0.1) is 0 Å². The Morgan fingerprint density at radius 3 is 2.70 bits per heavy atom. The first-order valence-electron chi connectivity index (χ1n) is 7.91. The molecule has 5 atom stereocenters. The minimum atomic E-state index is -1.72. The SMILES string of the molecule is NC(=O)c1cnn(-c2nc(N)c3ncn(C4O[C@@H]5C(O)[C@]5(O)[C@H]4O)c3n2)c1. The third kappa shape index (κ3) is 1.98. The largest absolute Gasteiger partial charge is 0.387 e. The van der Waals surface area contributed by atoms with Gasteiger partial charge in [-0.25, -0.2) is 9.67 Å². The molecule has 1 saturated carbocycles. The van der Waals surface area contributed by atoms with Crippen LogP contribution in [-0.2, 0) is 4.74 Å². The third-order valence-corrected chi connectivity index (χ3v) is 4.92. The van der Waals surface area contributed by atoms with Gasteiger partial charge in [-0.3, -0.25) is 9.36 Å². The molecule has 2 unspecified atom stereocenters. The molecule has 27 heavy (non-hydrogen) atoms. The summed E-state index contributed by atoms with van der Waals surface area (Å²) in [5, 5.41) is 34.2. The van der Waals surface area contributed by atoms with E-state index < -0.39 is 36.0 Å². The number of carbonyl (C=O) groups is 1. The van der Waals surface area contributed by atoms with Crippen LogP contribution in [0.5, 0.6) is 0 Å². The van der Waals surface area contributed by atoms with E-state index in [1.807, 2.05) is 0 Å². The van der Waals surface area contributed by atoms with Gasteiger partial charge in [-0.2, -0.15) is 15.1 Å². The van der Waals surface area contributed by atoms with E-state index in [0.717, 1.165) is 0 Å². The molecule has 2 aliphatic rings. The second kappa shape index (κ2) is 4.98. The Balaban J connectivity index is 1.59. The number of ether oxygens (including phenoxy) is 1. The number of imidazole rings is 1. The van der Waals surface area contributed by atoms with Crippen molar-refractivity contribution in [2.75, 3.05) is 5.73 Å². The van der Waals surface area contributed by atoms with Crippen molar-refractivity contribution >= 4 is 22.9 Å². The molecule has 1 amide bonds. The number of hydrogen-bond donors (Lipinski definition) is 5. The number of aliphatic hydroxyl groups excluding tert-OH is 2. The maximum Gasteiger partial charge on any atom is 0.254 e. The van der Waals surface area contributed by atoms with Gasteiger partial charge in [0, 0.05) is 6.20 Å². The Kier molecular flexibility index (Phi) is 2.96. The minimum Gasteiger partial charge on any atom is -0.387 e. The van der Waals surface area contributed by atoms with Gasteiger partial charge in [0.25, 0.3) is 11.9 Å². The first kappa shape index (κ1) is 16.1. The Morgan fingerprint density at radius 1 is 1.30 bits per heavy atom. The van der Waals surface area contributed by atoms with Gasteiger partial charge in [0.05, 0.1) is 18.1 Å². The lowest BCUT2D eigenvalue weighted by Crippen LogP contribution is -2.36. The third-order valence-electron chi connectivity index (χ3n) is 4.92. The van der Waals surface area contributed by atoms with E-state index >= 15 is 0 Å². The molecule has 0 radical (unpaired) electrons. The van der Waals surface area contributed by atoms with Crippen LogP contribution in [0.4, 0.5) is 5.82 Å². The first-order chi connectivity index (χ1) is 12.8. The van der Waals surface area contributed by atoms with E-state index in [1.165, 1.54) is 28.0 Å². The lowest BCUT2D eigenvalue weighted by atomic mass is 10.1. The van der Waals surface area contributed by atoms with Gasteiger partial charge in [-0.15, -0.1) is 0 Å². The monoisotopic (exact) mass is 374 g/mol. The molecule has 0 spiro atoms. The summed E-state index contributed by atoms with van der Waals surface area (Å²) < 4.78 is 8.13. The van der Waals surface area contributed by atoms with Gasteiger partial charge in [-0.1, -0.05) is 0 Å². The smallest absolute Gasteiger partial charge is 0.254 e. The molecule has 1 aliphatic heterocycles. The van der Waals surface area contributed by atoms with Gasteiger partial charge in [0.15, 0.2) is 23.3 Å². The highest BCUT2D eigenvalue weighted by Gasteiger charge is 2.76. The summed E-state index contributed by atoms with van der Waals surface area (Å²) in [7, 11) is 0. The minimum absolute atomic E-state index is 0.0428. The molecule has 1 saturated heterocycles. The highest BCUT2D eigenvalue weighted by atomic mass is 16.6. The van der Waals surface area contributed by atoms with E-state index in [1.54, 1.807) is 0 Å². The molecule has 4 heterocycles. The molecule has 2 fully saturated rings. The summed E-state index contributed by atoms with van der Waals surface area (Å²) in [5.41, 5.74) is 10.1. The average Bonchev–Trinajstić information content (AvgIpc) is 3.13. The summed E-state index contributed by atoms with van der Waals surface area (Å²) in [6, 6.07) is 0. The van der Waals surface area contributed by atoms with E-state index in [4.69, 9.17) is 16.2 Å². The molecule has 0 aromatic carbocycles. The molecule has 1 aliphatic carbocycles. The fourth-order valence-corrected chi connectivity index (χ4v) is 3.32. The number of hydrogen-bond acceptors (Lipinski definition) is 10. The van der Waals surface area contributed by atoms with Crippen LogP contribution in [0.1, 0.15) is 16.6 Å². The van der Waals surface area contributed by atoms with Gasteiger partial charge >= 0.3 is 0 Å². The quantitative estimate of drug-likeness (QED) is 0.316.